The SMILES string of the molecule is O=C(N[C@H](c1ccccc1)c1cc2ccccc2o1)[C@H]1CCCN(C(=O)c2cccs2)C1. The summed E-state index contributed by atoms with van der Waals surface area (Å²) in [6.45, 7) is 1.12. The molecule has 3 heterocycles. The average Bonchev–Trinajstić information content (AvgIpc) is 3.52. The smallest absolute Gasteiger partial charge is 0.263 e. The van der Waals surface area contributed by atoms with Crippen molar-refractivity contribution in [2.75, 3.05) is 13.1 Å². The number of hydrogen-bond donors (Lipinski definition) is 1. The molecule has 4 aromatic rings. The van der Waals surface area contributed by atoms with E-state index in [-0.39, 0.29) is 23.8 Å². The fourth-order valence-corrected chi connectivity index (χ4v) is 4.99. The van der Waals surface area contributed by atoms with Crippen molar-refractivity contribution in [3.05, 3.63) is 94.4 Å². The molecule has 2 amide bonds. The Morgan fingerprint density at radius 3 is 2.62 bits per heavy atom. The second kappa shape index (κ2) is 9.01. The molecule has 162 valence electrons. The first-order valence-corrected chi connectivity index (χ1v) is 11.7. The molecular formula is C26H24N2O3S. The van der Waals surface area contributed by atoms with E-state index >= 15 is 0 Å². The molecule has 0 unspecified atom stereocenters. The molecule has 2 aromatic carbocycles. The third-order valence-electron chi connectivity index (χ3n) is 5.96. The van der Waals surface area contributed by atoms with Gasteiger partial charge in [-0.2, -0.15) is 0 Å². The fraction of sp³-hybridized carbons (Fsp3) is 0.231. The second-order valence-electron chi connectivity index (χ2n) is 8.11. The normalized spacial score (nSPS) is 17.2. The van der Waals surface area contributed by atoms with Crippen molar-refractivity contribution in [1.82, 2.24) is 10.2 Å². The van der Waals surface area contributed by atoms with Crippen LogP contribution in [0.25, 0.3) is 11.0 Å². The van der Waals surface area contributed by atoms with E-state index in [0.29, 0.717) is 18.8 Å². The van der Waals surface area contributed by atoms with E-state index in [4.69, 9.17) is 4.42 Å². The highest BCUT2D eigenvalue weighted by Crippen LogP contribution is 2.29. The van der Waals surface area contributed by atoms with Gasteiger partial charge in [-0.25, -0.2) is 0 Å². The first-order valence-electron chi connectivity index (χ1n) is 10.9. The molecule has 0 radical (unpaired) electrons. The molecule has 0 bridgehead atoms. The quantitative estimate of drug-likeness (QED) is 0.457. The second-order valence-corrected chi connectivity index (χ2v) is 9.05. The highest BCUT2D eigenvalue weighted by molar-refractivity contribution is 7.12. The number of carbonyl (C=O) groups excluding carboxylic acids is 2. The van der Waals surface area contributed by atoms with Gasteiger partial charge in [0.25, 0.3) is 5.91 Å². The van der Waals surface area contributed by atoms with E-state index in [1.807, 2.05) is 78.2 Å². The maximum absolute atomic E-state index is 13.3. The zero-order valence-corrected chi connectivity index (χ0v) is 18.4. The van der Waals surface area contributed by atoms with E-state index in [1.165, 1.54) is 11.3 Å². The maximum atomic E-state index is 13.3. The first kappa shape index (κ1) is 20.5. The van der Waals surface area contributed by atoms with Gasteiger partial charge in [-0.15, -0.1) is 11.3 Å². The predicted molar refractivity (Wildman–Crippen MR) is 126 cm³/mol. The zero-order valence-electron chi connectivity index (χ0n) is 17.6. The van der Waals surface area contributed by atoms with Crippen LogP contribution >= 0.6 is 11.3 Å². The van der Waals surface area contributed by atoms with E-state index in [1.54, 1.807) is 4.90 Å². The number of likely N-dealkylation sites (tertiary alicyclic amines) is 1. The van der Waals surface area contributed by atoms with Crippen molar-refractivity contribution in [3.63, 3.8) is 0 Å². The number of piperidine rings is 1. The summed E-state index contributed by atoms with van der Waals surface area (Å²) in [7, 11) is 0. The lowest BCUT2D eigenvalue weighted by Crippen LogP contribution is -2.46. The Morgan fingerprint density at radius 1 is 1.03 bits per heavy atom. The van der Waals surface area contributed by atoms with Crippen LogP contribution in [-0.4, -0.2) is 29.8 Å². The number of fused-ring (bicyclic) bond motifs is 1. The monoisotopic (exact) mass is 444 g/mol. The lowest BCUT2D eigenvalue weighted by Gasteiger charge is -2.32. The number of furan rings is 1. The average molecular weight is 445 g/mol. The molecular weight excluding hydrogens is 420 g/mol. The topological polar surface area (TPSA) is 62.6 Å². The van der Waals surface area contributed by atoms with Crippen LogP contribution in [-0.2, 0) is 4.79 Å². The summed E-state index contributed by atoms with van der Waals surface area (Å²) in [5.41, 5.74) is 1.75. The van der Waals surface area contributed by atoms with Gasteiger partial charge in [0.1, 0.15) is 17.4 Å². The summed E-state index contributed by atoms with van der Waals surface area (Å²) in [6, 6.07) is 23.0. The van der Waals surface area contributed by atoms with Crippen molar-refractivity contribution >= 4 is 34.1 Å². The van der Waals surface area contributed by atoms with Crippen LogP contribution in [0.4, 0.5) is 0 Å². The minimum Gasteiger partial charge on any atom is -0.459 e. The Bertz CT molecular complexity index is 1180. The molecule has 2 aromatic heterocycles. The summed E-state index contributed by atoms with van der Waals surface area (Å²) < 4.78 is 6.10. The minimum atomic E-state index is -0.389. The van der Waals surface area contributed by atoms with E-state index in [9.17, 15) is 9.59 Å². The molecule has 6 heteroatoms. The van der Waals surface area contributed by atoms with Gasteiger partial charge in [-0.1, -0.05) is 54.6 Å². The fourth-order valence-electron chi connectivity index (χ4n) is 4.30. The summed E-state index contributed by atoms with van der Waals surface area (Å²) in [5.74, 6) is 0.411. The van der Waals surface area contributed by atoms with Crippen LogP contribution in [0.2, 0.25) is 0 Å². The highest BCUT2D eigenvalue weighted by Gasteiger charge is 2.31. The third-order valence-corrected chi connectivity index (χ3v) is 6.82. The van der Waals surface area contributed by atoms with Crippen LogP contribution < -0.4 is 5.32 Å². The number of para-hydroxylation sites is 1. The number of rotatable bonds is 5. The molecule has 1 fully saturated rings. The van der Waals surface area contributed by atoms with Crippen LogP contribution in [0.3, 0.4) is 0 Å². The molecule has 2 atom stereocenters. The van der Waals surface area contributed by atoms with Crippen molar-refractivity contribution in [1.29, 1.82) is 0 Å². The van der Waals surface area contributed by atoms with Gasteiger partial charge in [0.15, 0.2) is 0 Å². The number of amides is 2. The van der Waals surface area contributed by atoms with Gasteiger partial charge < -0.3 is 14.6 Å². The van der Waals surface area contributed by atoms with Gasteiger partial charge in [0.05, 0.1) is 10.8 Å². The van der Waals surface area contributed by atoms with Gasteiger partial charge in [0, 0.05) is 18.5 Å². The van der Waals surface area contributed by atoms with E-state index in [2.05, 4.69) is 5.32 Å². The van der Waals surface area contributed by atoms with Gasteiger partial charge in [-0.05, 0) is 42.0 Å². The first-order chi connectivity index (χ1) is 15.7. The highest BCUT2D eigenvalue weighted by atomic mass is 32.1. The van der Waals surface area contributed by atoms with Gasteiger partial charge >= 0.3 is 0 Å². The van der Waals surface area contributed by atoms with Crippen molar-refractivity contribution in [2.45, 2.75) is 18.9 Å². The van der Waals surface area contributed by atoms with E-state index in [0.717, 1.165) is 34.3 Å². The third kappa shape index (κ3) is 4.18. The van der Waals surface area contributed by atoms with Crippen molar-refractivity contribution in [2.24, 2.45) is 5.92 Å². The maximum Gasteiger partial charge on any atom is 0.263 e. The molecule has 1 aliphatic rings. The Morgan fingerprint density at radius 2 is 1.84 bits per heavy atom. The molecule has 5 rings (SSSR count). The summed E-state index contributed by atoms with van der Waals surface area (Å²) >= 11 is 1.44. The van der Waals surface area contributed by atoms with E-state index < -0.39 is 0 Å². The van der Waals surface area contributed by atoms with Crippen LogP contribution in [0, 0.1) is 5.92 Å². The summed E-state index contributed by atoms with van der Waals surface area (Å²) in [4.78, 5) is 28.6. The molecule has 1 N–H and O–H groups in total. The van der Waals surface area contributed by atoms with Crippen LogP contribution in [0.1, 0.15) is 39.9 Å². The Kier molecular flexibility index (Phi) is 5.77. The molecule has 1 saturated heterocycles. The Hall–Kier alpha value is -3.38. The largest absolute Gasteiger partial charge is 0.459 e. The number of carbonyl (C=O) groups is 2. The number of nitrogens with one attached hydrogen (secondary N) is 1. The summed E-state index contributed by atoms with van der Waals surface area (Å²) in [5, 5.41) is 6.11. The van der Waals surface area contributed by atoms with Crippen LogP contribution in [0.5, 0.6) is 0 Å². The molecule has 0 aliphatic carbocycles. The lowest BCUT2D eigenvalue weighted by atomic mass is 9.95. The number of hydrogen-bond acceptors (Lipinski definition) is 4. The Balaban J connectivity index is 1.37. The molecule has 0 saturated carbocycles. The minimum absolute atomic E-state index is 0.00870. The lowest BCUT2D eigenvalue weighted by molar-refractivity contribution is -0.127. The van der Waals surface area contributed by atoms with Crippen LogP contribution in [0.15, 0.2) is 82.6 Å². The standard InChI is InChI=1S/C26H24N2O3S/c29-25(20-11-6-14-28(17-20)26(30)23-13-7-15-32-23)27-24(18-8-2-1-3-9-18)22-16-19-10-4-5-12-21(19)31-22/h1-5,7-10,12-13,15-16,20,24H,6,11,14,17H2,(H,27,29)/t20-,24+/m0/s1. The number of benzene rings is 2. The molecule has 32 heavy (non-hydrogen) atoms. The van der Waals surface area contributed by atoms with Crippen molar-refractivity contribution in [3.8, 4) is 0 Å². The molecule has 5 nitrogen and oxygen atoms in total. The predicted octanol–water partition coefficient (Wildman–Crippen LogP) is 5.25. The van der Waals surface area contributed by atoms with Gasteiger partial charge in [-0.3, -0.25) is 9.59 Å². The molecule has 0 spiro atoms. The summed E-state index contributed by atoms with van der Waals surface area (Å²) in [6.07, 6.45) is 1.58. The molecule has 1 aliphatic heterocycles. The van der Waals surface area contributed by atoms with Crippen molar-refractivity contribution < 1.29 is 14.0 Å². The number of thiophene rings is 1. The zero-order chi connectivity index (χ0) is 21.9. The van der Waals surface area contributed by atoms with Gasteiger partial charge in [0.2, 0.25) is 5.91 Å². The Labute approximate surface area is 190 Å². The number of nitrogens with zero attached hydrogens (tertiary/aromatic N) is 1.